The Labute approximate surface area is 241 Å². The van der Waals surface area contributed by atoms with Gasteiger partial charge in [-0.3, -0.25) is 14.4 Å². The number of nitrogens with zero attached hydrogens (tertiary/aromatic N) is 1. The number of rotatable bonds is 8. The Kier molecular flexibility index (Phi) is 7.36. The summed E-state index contributed by atoms with van der Waals surface area (Å²) in [5.41, 5.74) is 1.54. The first-order chi connectivity index (χ1) is 19.8. The first kappa shape index (κ1) is 27.5. The van der Waals surface area contributed by atoms with E-state index in [1.807, 2.05) is 60.7 Å². The third-order valence-electron chi connectivity index (χ3n) is 9.23. The van der Waals surface area contributed by atoms with Gasteiger partial charge >= 0.3 is 0 Å². The van der Waals surface area contributed by atoms with Gasteiger partial charge in [0.05, 0.1) is 25.0 Å². The lowest BCUT2D eigenvalue weighted by atomic mass is 9.74. The summed E-state index contributed by atoms with van der Waals surface area (Å²) in [5.74, 6) is -1.13. The van der Waals surface area contributed by atoms with Crippen molar-refractivity contribution in [2.75, 3.05) is 12.4 Å². The first-order valence-corrected chi connectivity index (χ1v) is 14.8. The molecule has 3 unspecified atom stereocenters. The van der Waals surface area contributed by atoms with Crippen LogP contribution in [-0.2, 0) is 25.7 Å². The second-order valence-corrected chi connectivity index (χ2v) is 12.1. The van der Waals surface area contributed by atoms with E-state index < -0.39 is 29.6 Å². The fraction of sp³-hybridized carbons (Fsp3) is 0.485. The maximum atomic E-state index is 14.2. The van der Waals surface area contributed by atoms with E-state index in [0.29, 0.717) is 17.4 Å². The molecule has 1 aliphatic carbocycles. The molecule has 3 heterocycles. The van der Waals surface area contributed by atoms with E-state index in [0.717, 1.165) is 31.2 Å². The molecular weight excluding hydrogens is 518 g/mol. The summed E-state index contributed by atoms with van der Waals surface area (Å²) in [4.78, 5) is 43.6. The maximum Gasteiger partial charge on any atom is 0.246 e. The summed E-state index contributed by atoms with van der Waals surface area (Å²) >= 11 is 0. The van der Waals surface area contributed by atoms with Crippen molar-refractivity contribution < 1.29 is 23.9 Å². The third-order valence-corrected chi connectivity index (χ3v) is 9.23. The molecule has 2 saturated heterocycles. The molecule has 0 aromatic heterocycles. The zero-order valence-corrected chi connectivity index (χ0v) is 24.0. The molecule has 2 aromatic rings. The van der Waals surface area contributed by atoms with Crippen molar-refractivity contribution in [1.29, 1.82) is 0 Å². The van der Waals surface area contributed by atoms with Gasteiger partial charge in [-0.15, -0.1) is 0 Å². The predicted octanol–water partition coefficient (Wildman–Crippen LogP) is 4.56. The van der Waals surface area contributed by atoms with Gasteiger partial charge in [-0.1, -0.05) is 69.5 Å². The van der Waals surface area contributed by atoms with Crippen LogP contribution in [-0.4, -0.2) is 53.5 Å². The Balaban J connectivity index is 1.29. The number of ether oxygens (including phenoxy) is 2. The number of nitrogens with one attached hydrogen (secondary N) is 2. The average Bonchev–Trinajstić information content (AvgIpc) is 3.62. The average molecular weight is 558 g/mol. The van der Waals surface area contributed by atoms with Crippen LogP contribution in [0.5, 0.6) is 5.75 Å². The summed E-state index contributed by atoms with van der Waals surface area (Å²) in [5, 5.41) is 6.25. The molecule has 2 aromatic carbocycles. The molecule has 2 N–H and O–H groups in total. The van der Waals surface area contributed by atoms with Crippen LogP contribution >= 0.6 is 0 Å². The van der Waals surface area contributed by atoms with Crippen LogP contribution in [0.3, 0.4) is 0 Å². The maximum absolute atomic E-state index is 14.2. The number of anilines is 1. The highest BCUT2D eigenvalue weighted by molar-refractivity contribution is 6.02. The molecule has 41 heavy (non-hydrogen) atoms. The predicted molar refractivity (Wildman–Crippen MR) is 155 cm³/mol. The minimum Gasteiger partial charge on any atom is -0.497 e. The topological polar surface area (TPSA) is 97.0 Å². The number of amides is 3. The molecule has 8 nitrogen and oxygen atoms in total. The van der Waals surface area contributed by atoms with E-state index in [9.17, 15) is 14.4 Å². The molecular formula is C33H39N3O5. The lowest BCUT2D eigenvalue weighted by Gasteiger charge is -2.34. The lowest BCUT2D eigenvalue weighted by molar-refractivity contribution is -0.142. The Morgan fingerprint density at radius 2 is 1.73 bits per heavy atom. The summed E-state index contributed by atoms with van der Waals surface area (Å²) in [6.07, 6.45) is 8.35. The molecule has 1 saturated carbocycles. The van der Waals surface area contributed by atoms with E-state index in [1.54, 1.807) is 12.0 Å². The molecule has 5 atom stereocenters. The lowest BCUT2D eigenvalue weighted by Crippen LogP contribution is -2.56. The summed E-state index contributed by atoms with van der Waals surface area (Å²) in [6.45, 7) is 4.48. The first-order valence-electron chi connectivity index (χ1n) is 14.8. The van der Waals surface area contributed by atoms with Crippen molar-refractivity contribution in [2.24, 2.45) is 11.8 Å². The molecule has 4 aliphatic rings. The Bertz CT molecular complexity index is 1330. The van der Waals surface area contributed by atoms with Gasteiger partial charge in [0.25, 0.3) is 0 Å². The zero-order valence-electron chi connectivity index (χ0n) is 24.0. The van der Waals surface area contributed by atoms with E-state index in [2.05, 4.69) is 24.5 Å². The van der Waals surface area contributed by atoms with Gasteiger partial charge in [0, 0.05) is 18.3 Å². The van der Waals surface area contributed by atoms with E-state index in [-0.39, 0.29) is 30.3 Å². The van der Waals surface area contributed by atoms with Crippen molar-refractivity contribution in [3.63, 3.8) is 0 Å². The Morgan fingerprint density at radius 3 is 2.39 bits per heavy atom. The highest BCUT2D eigenvalue weighted by Gasteiger charge is 2.72. The van der Waals surface area contributed by atoms with Gasteiger partial charge < -0.3 is 25.0 Å². The normalized spacial score (nSPS) is 28.7. The summed E-state index contributed by atoms with van der Waals surface area (Å²) in [6, 6.07) is 14.5. The SMILES string of the molecule is COc1ccc(CN2C(=O)[C@@H]3C(C(=O)Nc4ccc(C(C)C)cc4)[C@@H]4C=CC3(O4)C2C(=O)NC2CCCCC2)cc1. The minimum absolute atomic E-state index is 0.0835. The monoisotopic (exact) mass is 557 g/mol. The Hall–Kier alpha value is -3.65. The van der Waals surface area contributed by atoms with Crippen LogP contribution in [0.1, 0.15) is 63.0 Å². The molecule has 216 valence electrons. The Morgan fingerprint density at radius 1 is 1.02 bits per heavy atom. The van der Waals surface area contributed by atoms with Crippen LogP contribution < -0.4 is 15.4 Å². The second-order valence-electron chi connectivity index (χ2n) is 12.1. The number of methoxy groups -OCH3 is 1. The number of carbonyl (C=O) groups is 3. The number of likely N-dealkylation sites (tertiary alicyclic amines) is 1. The number of hydrogen-bond acceptors (Lipinski definition) is 5. The van der Waals surface area contributed by atoms with Crippen molar-refractivity contribution in [3.8, 4) is 5.75 Å². The molecule has 3 aliphatic heterocycles. The molecule has 8 heteroatoms. The van der Waals surface area contributed by atoms with Crippen LogP contribution in [0.15, 0.2) is 60.7 Å². The number of fused-ring (bicyclic) bond motifs is 1. The second kappa shape index (κ2) is 11.0. The van der Waals surface area contributed by atoms with Crippen molar-refractivity contribution in [3.05, 3.63) is 71.8 Å². The van der Waals surface area contributed by atoms with Gasteiger partial charge in [-0.2, -0.15) is 0 Å². The zero-order chi connectivity index (χ0) is 28.7. The third kappa shape index (κ3) is 4.92. The van der Waals surface area contributed by atoms with Crippen LogP contribution in [0, 0.1) is 11.8 Å². The van der Waals surface area contributed by atoms with Crippen LogP contribution in [0.2, 0.25) is 0 Å². The highest BCUT2D eigenvalue weighted by atomic mass is 16.5. The smallest absolute Gasteiger partial charge is 0.246 e. The van der Waals surface area contributed by atoms with Gasteiger partial charge in [-0.25, -0.2) is 0 Å². The molecule has 2 bridgehead atoms. The number of hydrogen-bond donors (Lipinski definition) is 2. The van der Waals surface area contributed by atoms with E-state index >= 15 is 0 Å². The van der Waals surface area contributed by atoms with E-state index in [1.165, 1.54) is 12.0 Å². The van der Waals surface area contributed by atoms with Gasteiger partial charge in [0.1, 0.15) is 17.4 Å². The van der Waals surface area contributed by atoms with Gasteiger partial charge in [0.2, 0.25) is 17.7 Å². The largest absolute Gasteiger partial charge is 0.497 e. The highest BCUT2D eigenvalue weighted by Crippen LogP contribution is 2.55. The van der Waals surface area contributed by atoms with Crippen LogP contribution in [0.25, 0.3) is 0 Å². The molecule has 0 radical (unpaired) electrons. The van der Waals surface area contributed by atoms with Crippen molar-refractivity contribution >= 4 is 23.4 Å². The van der Waals surface area contributed by atoms with E-state index in [4.69, 9.17) is 9.47 Å². The quantitative estimate of drug-likeness (QED) is 0.464. The van der Waals surface area contributed by atoms with Gasteiger partial charge in [-0.05, 0) is 54.2 Å². The number of benzene rings is 2. The standard InChI is InChI=1S/C33H39N3O5/c1-20(2)22-11-13-24(14-12-22)34-30(37)27-26-17-18-33(41-26)28(27)32(39)36(19-21-9-15-25(40-3)16-10-21)29(33)31(38)35-23-7-5-4-6-8-23/h9-18,20,23,26-29H,4-8,19H2,1-3H3,(H,34,37)(H,35,38)/t26-,27?,28-,29?,33?/m0/s1. The van der Waals surface area contributed by atoms with Crippen molar-refractivity contribution in [1.82, 2.24) is 10.2 Å². The van der Waals surface area contributed by atoms with Gasteiger partial charge in [0.15, 0.2) is 0 Å². The summed E-state index contributed by atoms with van der Waals surface area (Å²) < 4.78 is 11.8. The fourth-order valence-electron chi connectivity index (χ4n) is 7.07. The molecule has 6 rings (SSSR count). The molecule has 1 spiro atoms. The molecule has 3 fully saturated rings. The molecule has 3 amide bonds. The summed E-state index contributed by atoms with van der Waals surface area (Å²) in [7, 11) is 1.61. The van der Waals surface area contributed by atoms with Crippen molar-refractivity contribution in [2.45, 2.75) is 82.2 Å². The fourth-order valence-corrected chi connectivity index (χ4v) is 7.07. The van der Waals surface area contributed by atoms with Crippen LogP contribution in [0.4, 0.5) is 5.69 Å². The minimum atomic E-state index is -1.18. The number of carbonyl (C=O) groups excluding carboxylic acids is 3.